The molecule has 4 rings (SSSR count). The Labute approximate surface area is 167 Å². The fourth-order valence-corrected chi connectivity index (χ4v) is 4.63. The Morgan fingerprint density at radius 1 is 1.11 bits per heavy atom. The molecular weight excluding hydrogens is 354 g/mol. The van der Waals surface area contributed by atoms with E-state index in [1.54, 1.807) is 11.9 Å². The van der Waals surface area contributed by atoms with Gasteiger partial charge in [-0.05, 0) is 37.0 Å². The number of carbonyl (C=O) groups is 2. The number of fused-ring (bicyclic) bond motifs is 3. The third kappa shape index (κ3) is 3.06. The van der Waals surface area contributed by atoms with Gasteiger partial charge in [0.15, 0.2) is 0 Å². The average molecular weight is 386 g/mol. The highest BCUT2D eigenvalue weighted by atomic mass is 16.2. The quantitative estimate of drug-likeness (QED) is 0.841. The van der Waals surface area contributed by atoms with Crippen LogP contribution in [-0.4, -0.2) is 71.8 Å². The topological polar surface area (TPSA) is 59.1 Å². The molecule has 3 aliphatic rings. The van der Waals surface area contributed by atoms with Crippen LogP contribution in [0.5, 0.6) is 0 Å². The van der Waals surface area contributed by atoms with Gasteiger partial charge in [-0.3, -0.25) is 19.9 Å². The fourth-order valence-electron chi connectivity index (χ4n) is 4.63. The minimum absolute atomic E-state index is 0.0558. The normalized spacial score (nSPS) is 28.0. The van der Waals surface area contributed by atoms with E-state index in [1.807, 2.05) is 0 Å². The van der Waals surface area contributed by atoms with Crippen LogP contribution in [0.3, 0.4) is 0 Å². The summed E-state index contributed by atoms with van der Waals surface area (Å²) in [5.74, 6) is -0.0558. The molecule has 0 radical (unpaired) electrons. The number of nitrogens with one attached hydrogen (secondary N) is 1. The van der Waals surface area contributed by atoms with E-state index in [1.165, 1.54) is 10.5 Å². The second kappa shape index (κ2) is 7.72. The van der Waals surface area contributed by atoms with Crippen LogP contribution in [0.2, 0.25) is 0 Å². The van der Waals surface area contributed by atoms with Gasteiger partial charge in [0, 0.05) is 32.4 Å². The number of urea groups is 1. The van der Waals surface area contributed by atoms with Crippen molar-refractivity contribution in [2.45, 2.75) is 58.0 Å². The third-order valence-corrected chi connectivity index (χ3v) is 6.28. The zero-order valence-electron chi connectivity index (χ0n) is 17.1. The molecule has 0 aromatic heterocycles. The first kappa shape index (κ1) is 19.2. The highest BCUT2D eigenvalue weighted by Crippen LogP contribution is 2.33. The van der Waals surface area contributed by atoms with Crippen molar-refractivity contribution >= 4 is 17.6 Å². The van der Waals surface area contributed by atoms with Crippen molar-refractivity contribution in [2.24, 2.45) is 0 Å². The summed E-state index contributed by atoms with van der Waals surface area (Å²) in [5.41, 5.74) is 2.47. The molecule has 3 amide bonds. The molecule has 3 unspecified atom stereocenters. The third-order valence-electron chi connectivity index (χ3n) is 6.28. The van der Waals surface area contributed by atoms with E-state index in [-0.39, 0.29) is 30.4 Å². The first-order valence-corrected chi connectivity index (χ1v) is 10.5. The first-order chi connectivity index (χ1) is 13.6. The highest BCUT2D eigenvalue weighted by Gasteiger charge is 2.55. The number of benzene rings is 1. The van der Waals surface area contributed by atoms with Gasteiger partial charge in [0.25, 0.3) is 5.91 Å². The van der Waals surface area contributed by atoms with Crippen LogP contribution < -0.4 is 10.2 Å². The van der Waals surface area contributed by atoms with Gasteiger partial charge >= 0.3 is 6.03 Å². The Morgan fingerprint density at radius 2 is 1.86 bits per heavy atom. The van der Waals surface area contributed by atoms with Crippen molar-refractivity contribution in [2.75, 3.05) is 31.6 Å². The molecule has 1 aromatic rings. The van der Waals surface area contributed by atoms with E-state index in [4.69, 9.17) is 0 Å². The molecule has 0 bridgehead atoms. The number of nitrogens with zero attached hydrogens (tertiary/aromatic N) is 4. The van der Waals surface area contributed by atoms with Crippen molar-refractivity contribution in [1.82, 2.24) is 20.0 Å². The average Bonchev–Trinajstić information content (AvgIpc) is 3.12. The van der Waals surface area contributed by atoms with Crippen LogP contribution in [0, 0.1) is 0 Å². The number of imide groups is 1. The lowest BCUT2D eigenvalue weighted by Crippen LogP contribution is -2.66. The minimum atomic E-state index is -0.317. The monoisotopic (exact) mass is 385 g/mol. The smallest absolute Gasteiger partial charge is 0.327 e. The lowest BCUT2D eigenvalue weighted by molar-refractivity contribution is -0.138. The predicted molar refractivity (Wildman–Crippen MR) is 109 cm³/mol. The molecule has 7 heteroatoms. The number of hydrogen-bond donors (Lipinski definition) is 1. The van der Waals surface area contributed by atoms with Gasteiger partial charge in [-0.1, -0.05) is 32.4 Å². The van der Waals surface area contributed by atoms with Crippen LogP contribution >= 0.6 is 0 Å². The Morgan fingerprint density at radius 3 is 2.54 bits per heavy atom. The van der Waals surface area contributed by atoms with E-state index in [9.17, 15) is 9.59 Å². The van der Waals surface area contributed by atoms with E-state index in [0.29, 0.717) is 6.54 Å². The second-order valence-corrected chi connectivity index (χ2v) is 7.97. The molecule has 3 saturated heterocycles. The van der Waals surface area contributed by atoms with Gasteiger partial charge in [-0.25, -0.2) is 4.79 Å². The van der Waals surface area contributed by atoms with Crippen LogP contribution in [0.1, 0.15) is 38.7 Å². The van der Waals surface area contributed by atoms with E-state index in [0.717, 1.165) is 44.5 Å². The zero-order valence-corrected chi connectivity index (χ0v) is 17.1. The standard InChI is InChI=1S/C21H31N5O2/c1-4-6-12-26-19(27)17-18(23(3)21(26)28)22-20-24(13-7-14-25(17)20)16-10-8-15(5-2)9-11-16/h8-11,17-18,20,22H,4-7,12-14H2,1-3H3. The van der Waals surface area contributed by atoms with Gasteiger partial charge in [0.2, 0.25) is 0 Å². The Balaban J connectivity index is 1.60. The molecule has 0 saturated carbocycles. The SMILES string of the molecule is CCCCN1C(=O)C2C(NC3N(c4ccc(CC)cc4)CCCN23)N(C)C1=O. The molecule has 152 valence electrons. The van der Waals surface area contributed by atoms with Crippen molar-refractivity contribution in [3.8, 4) is 0 Å². The summed E-state index contributed by atoms with van der Waals surface area (Å²) in [5, 5.41) is 3.57. The maximum atomic E-state index is 13.2. The lowest BCUT2D eigenvalue weighted by Gasteiger charge is -2.44. The number of anilines is 1. The number of rotatable bonds is 5. The summed E-state index contributed by atoms with van der Waals surface area (Å²) in [6.45, 7) is 6.53. The Hall–Kier alpha value is -2.12. The van der Waals surface area contributed by atoms with Crippen molar-refractivity contribution < 1.29 is 9.59 Å². The number of carbonyl (C=O) groups excluding carboxylic acids is 2. The maximum Gasteiger partial charge on any atom is 0.327 e. The van der Waals surface area contributed by atoms with Gasteiger partial charge in [-0.15, -0.1) is 0 Å². The highest BCUT2D eigenvalue weighted by molar-refractivity contribution is 6.00. The lowest BCUT2D eigenvalue weighted by atomic mass is 10.1. The summed E-state index contributed by atoms with van der Waals surface area (Å²) >= 11 is 0. The van der Waals surface area contributed by atoms with Crippen molar-refractivity contribution in [1.29, 1.82) is 0 Å². The molecule has 1 N–H and O–H groups in total. The van der Waals surface area contributed by atoms with Crippen molar-refractivity contribution in [3.05, 3.63) is 29.8 Å². The van der Waals surface area contributed by atoms with Crippen LogP contribution in [-0.2, 0) is 11.2 Å². The first-order valence-electron chi connectivity index (χ1n) is 10.5. The van der Waals surface area contributed by atoms with Crippen LogP contribution in [0.25, 0.3) is 0 Å². The summed E-state index contributed by atoms with van der Waals surface area (Å²) < 4.78 is 0. The molecule has 3 atom stereocenters. The molecule has 3 heterocycles. The number of aryl methyl sites for hydroxylation is 1. The number of amides is 3. The number of unbranched alkanes of at least 4 members (excludes halogenated alkanes) is 1. The van der Waals surface area contributed by atoms with E-state index in [2.05, 4.69) is 53.2 Å². The minimum Gasteiger partial charge on any atom is -0.343 e. The van der Waals surface area contributed by atoms with Crippen LogP contribution in [0.15, 0.2) is 24.3 Å². The zero-order chi connectivity index (χ0) is 19.8. The molecule has 1 aromatic carbocycles. The summed E-state index contributed by atoms with van der Waals surface area (Å²) in [4.78, 5) is 33.7. The molecule has 0 spiro atoms. The molecule has 3 aliphatic heterocycles. The Kier molecular flexibility index (Phi) is 5.29. The fraction of sp³-hybridized carbons (Fsp3) is 0.619. The summed E-state index contributed by atoms with van der Waals surface area (Å²) in [6, 6.07) is 8.16. The maximum absolute atomic E-state index is 13.2. The molecule has 28 heavy (non-hydrogen) atoms. The van der Waals surface area contributed by atoms with Crippen molar-refractivity contribution in [3.63, 3.8) is 0 Å². The van der Waals surface area contributed by atoms with Gasteiger partial charge < -0.3 is 9.80 Å². The second-order valence-electron chi connectivity index (χ2n) is 7.97. The molecule has 3 fully saturated rings. The van der Waals surface area contributed by atoms with Gasteiger partial charge in [0.05, 0.1) is 0 Å². The number of hydrogen-bond acceptors (Lipinski definition) is 5. The molecule has 0 aliphatic carbocycles. The number of likely N-dealkylation sites (N-methyl/N-ethyl adjacent to an activating group) is 1. The molecular formula is C21H31N5O2. The van der Waals surface area contributed by atoms with E-state index < -0.39 is 0 Å². The summed E-state index contributed by atoms with van der Waals surface area (Å²) in [6.07, 6.45) is 3.47. The summed E-state index contributed by atoms with van der Waals surface area (Å²) in [7, 11) is 1.80. The van der Waals surface area contributed by atoms with E-state index >= 15 is 0 Å². The predicted octanol–water partition coefficient (Wildman–Crippen LogP) is 2.04. The molecule has 7 nitrogen and oxygen atoms in total. The van der Waals surface area contributed by atoms with Gasteiger partial charge in [-0.2, -0.15) is 0 Å². The Bertz CT molecular complexity index is 737. The van der Waals surface area contributed by atoms with Crippen LogP contribution in [0.4, 0.5) is 10.5 Å². The van der Waals surface area contributed by atoms with Gasteiger partial charge in [0.1, 0.15) is 18.5 Å². The largest absolute Gasteiger partial charge is 0.343 e.